The van der Waals surface area contributed by atoms with E-state index in [4.69, 9.17) is 11.6 Å². The van der Waals surface area contributed by atoms with Crippen LogP contribution in [0.4, 0.5) is 0 Å². The van der Waals surface area contributed by atoms with E-state index in [0.717, 1.165) is 5.56 Å². The summed E-state index contributed by atoms with van der Waals surface area (Å²) < 4.78 is 1.52. The van der Waals surface area contributed by atoms with E-state index in [1.54, 1.807) is 36.2 Å². The van der Waals surface area contributed by atoms with Gasteiger partial charge in [-0.3, -0.25) is 14.2 Å². The summed E-state index contributed by atoms with van der Waals surface area (Å²) in [5, 5.41) is 1.42. The van der Waals surface area contributed by atoms with Gasteiger partial charge in [-0.05, 0) is 30.7 Å². The number of hydrogen-bond acceptors (Lipinski definition) is 4. The Balaban J connectivity index is 1.78. The van der Waals surface area contributed by atoms with Crippen molar-refractivity contribution in [2.24, 2.45) is 0 Å². The molecule has 0 unspecified atom stereocenters. The third-order valence-electron chi connectivity index (χ3n) is 4.48. The molecule has 0 N–H and O–H groups in total. The molecule has 0 fully saturated rings. The molecule has 0 aliphatic carbocycles. The van der Waals surface area contributed by atoms with Crippen LogP contribution < -0.4 is 5.56 Å². The van der Waals surface area contributed by atoms with Gasteiger partial charge in [0.1, 0.15) is 0 Å². The Morgan fingerprint density at radius 2 is 2.00 bits per heavy atom. The predicted octanol–water partition coefficient (Wildman–Crippen LogP) is 4.30. The first-order chi connectivity index (χ1) is 13.9. The second kappa shape index (κ2) is 9.29. The molecule has 3 rings (SSSR count). The smallest absolute Gasteiger partial charge is 0.262 e. The van der Waals surface area contributed by atoms with Gasteiger partial charge >= 0.3 is 0 Å². The van der Waals surface area contributed by atoms with Crippen LogP contribution in [0.15, 0.2) is 65.1 Å². The first kappa shape index (κ1) is 21.1. The first-order valence-corrected chi connectivity index (χ1v) is 10.5. The van der Waals surface area contributed by atoms with Crippen LogP contribution in [0.25, 0.3) is 10.9 Å². The lowest BCUT2D eigenvalue weighted by Crippen LogP contribution is -2.28. The van der Waals surface area contributed by atoms with Crippen LogP contribution in [0.3, 0.4) is 0 Å². The number of aromatic nitrogens is 2. The molecule has 0 bridgehead atoms. The van der Waals surface area contributed by atoms with E-state index in [0.29, 0.717) is 34.2 Å². The van der Waals surface area contributed by atoms with Gasteiger partial charge in [0.15, 0.2) is 5.16 Å². The average molecular weight is 428 g/mol. The molecular weight excluding hydrogens is 406 g/mol. The minimum atomic E-state index is -0.194. The molecule has 150 valence electrons. The summed E-state index contributed by atoms with van der Waals surface area (Å²) in [6, 6.07) is 13.1. The Hall–Kier alpha value is -2.57. The lowest BCUT2D eigenvalue weighted by Gasteiger charge is -2.18. The molecule has 1 aromatic heterocycles. The number of amides is 1. The molecule has 1 heterocycles. The van der Waals surface area contributed by atoms with Crippen molar-refractivity contribution in [3.8, 4) is 0 Å². The highest BCUT2D eigenvalue weighted by Gasteiger charge is 2.15. The van der Waals surface area contributed by atoms with E-state index in [2.05, 4.69) is 11.6 Å². The second-order valence-electron chi connectivity index (χ2n) is 6.78. The lowest BCUT2D eigenvalue weighted by molar-refractivity contribution is -0.127. The average Bonchev–Trinajstić information content (AvgIpc) is 2.70. The molecule has 5 nitrogen and oxygen atoms in total. The zero-order chi connectivity index (χ0) is 21.0. The number of rotatable bonds is 7. The summed E-state index contributed by atoms with van der Waals surface area (Å²) in [5.74, 6) is 0.150. The van der Waals surface area contributed by atoms with E-state index in [1.807, 2.05) is 31.2 Å². The maximum Gasteiger partial charge on any atom is 0.262 e. The Morgan fingerprint density at radius 1 is 1.28 bits per heavy atom. The fourth-order valence-electron chi connectivity index (χ4n) is 2.87. The van der Waals surface area contributed by atoms with E-state index >= 15 is 0 Å². The van der Waals surface area contributed by atoms with E-state index in [9.17, 15) is 9.59 Å². The van der Waals surface area contributed by atoms with Crippen LogP contribution in [-0.4, -0.2) is 33.2 Å². The van der Waals surface area contributed by atoms with Crippen LogP contribution >= 0.6 is 23.4 Å². The van der Waals surface area contributed by atoms with Crippen molar-refractivity contribution in [2.45, 2.75) is 25.2 Å². The molecule has 29 heavy (non-hydrogen) atoms. The van der Waals surface area contributed by atoms with Crippen molar-refractivity contribution in [3.63, 3.8) is 0 Å². The summed E-state index contributed by atoms with van der Waals surface area (Å²) in [6.07, 6.45) is 1.63. The van der Waals surface area contributed by atoms with Gasteiger partial charge in [-0.25, -0.2) is 4.98 Å². The Morgan fingerprint density at radius 3 is 2.69 bits per heavy atom. The van der Waals surface area contributed by atoms with E-state index in [1.165, 1.54) is 21.9 Å². The van der Waals surface area contributed by atoms with Crippen LogP contribution in [0.2, 0.25) is 5.02 Å². The van der Waals surface area contributed by atoms with Crippen molar-refractivity contribution in [1.29, 1.82) is 0 Å². The second-order valence-corrected chi connectivity index (χ2v) is 8.16. The molecule has 3 aromatic rings. The van der Waals surface area contributed by atoms with Crippen molar-refractivity contribution in [3.05, 3.63) is 81.6 Å². The Kier molecular flexibility index (Phi) is 6.77. The van der Waals surface area contributed by atoms with Gasteiger partial charge in [-0.1, -0.05) is 59.3 Å². The molecule has 7 heteroatoms. The molecule has 0 saturated carbocycles. The highest BCUT2D eigenvalue weighted by atomic mass is 35.5. The molecule has 1 amide bonds. The van der Waals surface area contributed by atoms with E-state index in [-0.39, 0.29) is 17.2 Å². The fourth-order valence-corrected chi connectivity index (χ4v) is 3.99. The van der Waals surface area contributed by atoms with Gasteiger partial charge in [-0.15, -0.1) is 6.58 Å². The van der Waals surface area contributed by atoms with Gasteiger partial charge in [0, 0.05) is 25.2 Å². The van der Waals surface area contributed by atoms with Crippen molar-refractivity contribution >= 4 is 40.2 Å². The third-order valence-corrected chi connectivity index (χ3v) is 5.68. The SMILES string of the molecule is C=CCn1c(SCC(=O)N(C)Cc2ccc(C)cc2)nc2ccc(Cl)cc2c1=O. The summed E-state index contributed by atoms with van der Waals surface area (Å²) in [5.41, 5.74) is 2.62. The monoisotopic (exact) mass is 427 g/mol. The van der Waals surface area contributed by atoms with Gasteiger partial charge < -0.3 is 4.90 Å². The number of hydrogen-bond donors (Lipinski definition) is 0. The highest BCUT2D eigenvalue weighted by Crippen LogP contribution is 2.21. The van der Waals surface area contributed by atoms with Gasteiger partial charge in [0.2, 0.25) is 5.91 Å². The Bertz CT molecular complexity index is 1110. The molecule has 0 spiro atoms. The van der Waals surface area contributed by atoms with Gasteiger partial charge in [0.25, 0.3) is 5.56 Å². The number of halogens is 1. The molecule has 0 atom stereocenters. The van der Waals surface area contributed by atoms with Crippen LogP contribution in [0.5, 0.6) is 0 Å². The molecule has 2 aromatic carbocycles. The molecule has 0 radical (unpaired) electrons. The predicted molar refractivity (Wildman–Crippen MR) is 120 cm³/mol. The number of thioether (sulfide) groups is 1. The number of aryl methyl sites for hydroxylation is 1. The minimum Gasteiger partial charge on any atom is -0.341 e. The maximum absolute atomic E-state index is 12.8. The summed E-state index contributed by atoms with van der Waals surface area (Å²) in [4.78, 5) is 31.7. The normalized spacial score (nSPS) is 10.9. The zero-order valence-corrected chi connectivity index (χ0v) is 18.0. The topological polar surface area (TPSA) is 55.2 Å². The number of benzene rings is 2. The molecular formula is C22H22ClN3O2S. The lowest BCUT2D eigenvalue weighted by atomic mass is 10.1. The fraction of sp³-hybridized carbons (Fsp3) is 0.227. The number of fused-ring (bicyclic) bond motifs is 1. The summed E-state index contributed by atoms with van der Waals surface area (Å²) in [6.45, 7) is 6.58. The van der Waals surface area contributed by atoms with Crippen molar-refractivity contribution in [2.75, 3.05) is 12.8 Å². The van der Waals surface area contributed by atoms with Crippen LogP contribution in [0.1, 0.15) is 11.1 Å². The van der Waals surface area contributed by atoms with Crippen LogP contribution in [0, 0.1) is 6.92 Å². The summed E-state index contributed by atoms with van der Waals surface area (Å²) in [7, 11) is 1.77. The highest BCUT2D eigenvalue weighted by molar-refractivity contribution is 7.99. The van der Waals surface area contributed by atoms with Gasteiger partial charge in [-0.2, -0.15) is 0 Å². The number of nitrogens with zero attached hydrogens (tertiary/aromatic N) is 3. The molecule has 0 saturated heterocycles. The van der Waals surface area contributed by atoms with Crippen molar-refractivity contribution < 1.29 is 4.79 Å². The number of carbonyl (C=O) groups is 1. The molecule has 0 aliphatic rings. The van der Waals surface area contributed by atoms with E-state index < -0.39 is 0 Å². The quantitative estimate of drug-likeness (QED) is 0.320. The Labute approximate surface area is 179 Å². The zero-order valence-electron chi connectivity index (χ0n) is 16.4. The van der Waals surface area contributed by atoms with Crippen LogP contribution in [-0.2, 0) is 17.9 Å². The van der Waals surface area contributed by atoms with Gasteiger partial charge in [0.05, 0.1) is 16.7 Å². The number of carbonyl (C=O) groups excluding carboxylic acids is 1. The maximum atomic E-state index is 12.8. The first-order valence-electron chi connectivity index (χ1n) is 9.12. The minimum absolute atomic E-state index is 0.0359. The van der Waals surface area contributed by atoms with Crippen molar-refractivity contribution in [1.82, 2.24) is 14.5 Å². The largest absolute Gasteiger partial charge is 0.341 e. The standard InChI is InChI=1S/C22H22ClN3O2S/c1-4-11-26-21(28)18-12-17(23)9-10-19(18)24-22(26)29-14-20(27)25(3)13-16-7-5-15(2)6-8-16/h4-10,12H,1,11,13-14H2,2-3H3. The third kappa shape index (κ3) is 5.08. The number of allylic oxidation sites excluding steroid dienone is 1. The summed E-state index contributed by atoms with van der Waals surface area (Å²) >= 11 is 7.27. The molecule has 0 aliphatic heterocycles.